The zero-order valence-corrected chi connectivity index (χ0v) is 73.0. The van der Waals surface area contributed by atoms with Crippen molar-refractivity contribution in [3.8, 4) is 5.75 Å². The van der Waals surface area contributed by atoms with E-state index in [9.17, 15) is 50.1 Å². The molecular formula is C64H115N21O11S10. The van der Waals surface area contributed by atoms with Crippen molar-refractivity contribution in [2.45, 2.75) is 231 Å². The summed E-state index contributed by atoms with van der Waals surface area (Å²) >= 11 is 0. The van der Waals surface area contributed by atoms with Gasteiger partial charge in [-0.3, -0.25) is 39.1 Å². The number of rotatable bonds is 15. The van der Waals surface area contributed by atoms with Crippen molar-refractivity contribution < 1.29 is 50.1 Å². The maximum absolute atomic E-state index is 11.6. The number of amides is 6. The summed E-state index contributed by atoms with van der Waals surface area (Å²) in [5, 5.41) is 46.5. The maximum atomic E-state index is 11.6. The molecule has 106 heavy (non-hydrogen) atoms. The number of aromatic amines is 4. The van der Waals surface area contributed by atoms with Crippen LogP contribution in [0.2, 0.25) is 0 Å². The van der Waals surface area contributed by atoms with Crippen LogP contribution in [0.15, 0.2) is 94.4 Å². The van der Waals surface area contributed by atoms with E-state index in [0.717, 1.165) is 34.9 Å². The fraction of sp³-hybridized carbons (Fsp3) is 0.562. The van der Waals surface area contributed by atoms with Crippen molar-refractivity contribution in [1.29, 1.82) is 0 Å². The van der Waals surface area contributed by atoms with Gasteiger partial charge in [-0.25, -0.2) is 41.6 Å². The number of nitrogens with zero attached hydrogens (tertiary/aromatic N) is 12. The molecule has 10 rings (SSSR count). The van der Waals surface area contributed by atoms with Gasteiger partial charge >= 0.3 is 16.2 Å². The van der Waals surface area contributed by atoms with Crippen molar-refractivity contribution in [3.63, 3.8) is 0 Å². The Kier molecular flexibility index (Phi) is 42.9. The van der Waals surface area contributed by atoms with Gasteiger partial charge in [-0.05, 0) is 102 Å². The van der Waals surface area contributed by atoms with Crippen LogP contribution in [0.1, 0.15) is 145 Å². The molecule has 1 aromatic carbocycles. The second-order valence-corrected chi connectivity index (χ2v) is 47.7. The lowest BCUT2D eigenvalue weighted by molar-refractivity contribution is -0.119. The number of aromatic nitrogens is 11. The lowest BCUT2D eigenvalue weighted by Crippen LogP contribution is -2.34. The van der Waals surface area contributed by atoms with Crippen LogP contribution in [0.3, 0.4) is 0 Å². The first-order valence-corrected chi connectivity index (χ1v) is 48.4. The van der Waals surface area contributed by atoms with Gasteiger partial charge in [-0.15, -0.1) is 71.3 Å². The van der Waals surface area contributed by atoms with E-state index in [0.29, 0.717) is 37.2 Å². The first-order chi connectivity index (χ1) is 48.9. The molecule has 2 fully saturated rings. The van der Waals surface area contributed by atoms with Crippen molar-refractivity contribution >= 4 is 179 Å². The van der Waals surface area contributed by atoms with Gasteiger partial charge in [0, 0.05) is 56.6 Å². The highest BCUT2D eigenvalue weighted by atomic mass is 32.2. The number of aliphatic imine (C=N–C) groups is 1. The van der Waals surface area contributed by atoms with Crippen molar-refractivity contribution in [2.75, 3.05) is 25.5 Å². The number of aromatic hydroxyl groups is 1. The van der Waals surface area contributed by atoms with E-state index in [2.05, 4.69) is 213 Å². The van der Waals surface area contributed by atoms with Crippen molar-refractivity contribution in [3.05, 3.63) is 55.2 Å². The zero-order chi connectivity index (χ0) is 81.5. The van der Waals surface area contributed by atoms with Crippen LogP contribution in [-0.4, -0.2) is 253 Å². The standard InChI is InChI=1S/C10H14OS.C7H12N2OS.2C7H12N2S.C6H11N3S.2C6H12N2O2S.C5H10N4S.C5H10N2O3S.C5H10N2O2S/c1-8(2)12(3)10-7-5-4-6-9(10)11;1-5(2)11(3)7-8-4-6(10)9-7;1-6(2)10(3)7-8-4-5-9-7;1-6(2)10(3)7-4-5-8-9-7;1-5(2)10(3)6-7-4-8-9-6;1-5(2)8-4-11(3,10)7-6(8)9;1-4(2)11(10)7-5(3)6(9)8-11;1-4(2)10(3)5-6-8-9-7-5;1-4(2)7-3-5(8)6-11(7,9)10;1-4(2)10(9)6-3-5(8)7-10/h4-8,11H,3H2,1-2H3;5H,3-4H2,1-2H3,(H,8,9,10);2*4-6H,3H2,1-2H3,(H,8,9);4-5H,3H2,1-2H3,(H,7,8,9);5H,3-4H2,1-2H3,(H,7,9,10);4-5H,1-3H3,(H,7,8,9,10);4H,3H2,1-2H3,(H,6,7,8,9);4H,3H2,1-2H3,(H,6,8);4H,3H2,1-2H3,(H,6,7,8,9). The molecule has 6 amide bonds. The third-order valence-corrected chi connectivity index (χ3v) is 32.9. The second kappa shape index (κ2) is 46.4. The van der Waals surface area contributed by atoms with E-state index in [1.165, 1.54) is 11.2 Å². The number of urea groups is 1. The van der Waals surface area contributed by atoms with E-state index in [4.69, 9.17) is 0 Å². The van der Waals surface area contributed by atoms with Crippen LogP contribution in [-0.2, 0) is 58.9 Å². The molecule has 4 aromatic heterocycles. The second-order valence-electron chi connectivity index (χ2n) is 25.7. The summed E-state index contributed by atoms with van der Waals surface area (Å²) in [5.74, 6) is 26.8. The molecule has 10 atom stereocenters. The summed E-state index contributed by atoms with van der Waals surface area (Å²) in [7, 11) is -11.0. The van der Waals surface area contributed by atoms with Gasteiger partial charge in [0.2, 0.25) is 17.0 Å². The molecule has 5 aliphatic rings. The molecular weight excluding hydrogens is 1560 g/mol. The van der Waals surface area contributed by atoms with Crippen molar-refractivity contribution in [1.82, 2.24) is 89.4 Å². The van der Waals surface area contributed by atoms with Crippen LogP contribution < -0.4 is 24.2 Å². The lowest BCUT2D eigenvalue weighted by Gasteiger charge is -2.16. The van der Waals surface area contributed by atoms with Gasteiger partial charge in [0.05, 0.1) is 44.4 Å². The first-order valence-electron chi connectivity index (χ1n) is 33.2. The minimum absolute atomic E-state index is 0.0122. The van der Waals surface area contributed by atoms with Gasteiger partial charge in [0.25, 0.3) is 11.8 Å². The molecule has 0 spiro atoms. The molecule has 5 aliphatic heterocycles. The van der Waals surface area contributed by atoms with Gasteiger partial charge < -0.3 is 20.3 Å². The van der Waals surface area contributed by atoms with Crippen LogP contribution in [0.25, 0.3) is 0 Å². The minimum atomic E-state index is -3.50. The molecule has 602 valence electrons. The minimum Gasteiger partial charge on any atom is -0.507 e. The monoisotopic (exact) mass is 1670 g/mol. The molecule has 0 aliphatic carbocycles. The highest BCUT2D eigenvalue weighted by Crippen LogP contribution is 2.36. The summed E-state index contributed by atoms with van der Waals surface area (Å²) in [4.78, 5) is 71.6. The Morgan fingerprint density at radius 3 is 1.48 bits per heavy atom. The highest BCUT2D eigenvalue weighted by molar-refractivity contribution is 8.27. The summed E-state index contributed by atoms with van der Waals surface area (Å²) in [6.45, 7) is 41.7. The van der Waals surface area contributed by atoms with E-state index >= 15 is 0 Å². The number of H-pyrrole nitrogens is 4. The van der Waals surface area contributed by atoms with E-state index in [-0.39, 0.29) is 141 Å². The predicted octanol–water partition coefficient (Wildman–Crippen LogP) is 8.42. The summed E-state index contributed by atoms with van der Waals surface area (Å²) in [6, 6.07) is 8.65. The average Bonchev–Trinajstić information content (AvgIpc) is 1.68. The normalized spacial score (nSPS) is 21.6. The Hall–Kier alpha value is -6.06. The molecule has 32 nitrogen and oxygen atoms in total. The van der Waals surface area contributed by atoms with Gasteiger partial charge in [0.15, 0.2) is 15.5 Å². The Bertz CT molecular complexity index is 4090. The molecule has 10 N–H and O–H groups in total. The lowest BCUT2D eigenvalue weighted by atomic mass is 10.3. The van der Waals surface area contributed by atoms with E-state index in [1.807, 2.05) is 49.0 Å². The molecule has 42 heteroatoms. The molecule has 9 heterocycles. The predicted molar refractivity (Wildman–Crippen MR) is 453 cm³/mol. The Labute approximate surface area is 644 Å². The number of imidazole rings is 1. The van der Waals surface area contributed by atoms with Crippen LogP contribution in [0, 0.1) is 0 Å². The van der Waals surface area contributed by atoms with Crippen LogP contribution in [0.4, 0.5) is 4.79 Å². The Balaban J connectivity index is 0.000000589. The largest absolute Gasteiger partial charge is 0.507 e. The molecule has 0 radical (unpaired) electrons. The number of amidine groups is 1. The number of nitrogens with one attached hydrogen (secondary N) is 9. The SMILES string of the molecule is C=S(C1=NCC(=O)N1)C(C)C.C=S(c1ccccc1O)C(C)C.C=S(c1ccn[nH]1)C(C)C.C=S(c1ncc[nH]1)C(C)C.C=S(c1ncn[nH]1)C(C)C.C=S(c1nn[nH]n1)C(C)C.C=S1(=O)CN(C(C)C)C(=O)N1.CC(C)N1CC(=O)NS1(=O)=O.CC(C)S1(=O)=NC(=O)CN1.CC1NS(=O)(C(C)C)=NC1=O. The number of benzene rings is 1. The molecule has 0 saturated carbocycles. The third kappa shape index (κ3) is 34.2. The molecule has 10 unspecified atom stereocenters. The number of phenolic OH excluding ortho intramolecular Hbond substituents is 1. The fourth-order valence-corrected chi connectivity index (χ4v) is 18.1. The summed E-state index contributed by atoms with van der Waals surface area (Å²) in [5.41, 5.74) is 0. The first kappa shape index (κ1) is 98.0. The maximum Gasteiger partial charge on any atom is 0.329 e. The molecule has 2 saturated heterocycles. The third-order valence-electron chi connectivity index (χ3n) is 13.9. The fourth-order valence-electron chi connectivity index (χ4n) is 7.20. The van der Waals surface area contributed by atoms with Gasteiger partial charge in [0.1, 0.15) is 44.3 Å². The number of carbonyl (C=O) groups is 5. The summed E-state index contributed by atoms with van der Waals surface area (Å²) < 4.78 is 73.9. The quantitative estimate of drug-likeness (QED) is 0.0439. The number of phenols is 1. The number of carbonyl (C=O) groups excluding carboxylic acids is 5. The highest BCUT2D eigenvalue weighted by Gasteiger charge is 2.36. The Morgan fingerprint density at radius 1 is 0.604 bits per heavy atom. The Morgan fingerprint density at radius 2 is 1.16 bits per heavy atom. The summed E-state index contributed by atoms with van der Waals surface area (Å²) in [6.07, 6.45) is 6.89. The van der Waals surface area contributed by atoms with E-state index in [1.54, 1.807) is 66.9 Å². The van der Waals surface area contributed by atoms with Crippen LogP contribution in [0.5, 0.6) is 5.75 Å². The number of hydrogen-bond acceptors (Lipinski definition) is 19. The van der Waals surface area contributed by atoms with Crippen LogP contribution >= 0.6 is 62.9 Å². The van der Waals surface area contributed by atoms with Crippen molar-refractivity contribution in [2.24, 2.45) is 13.7 Å². The van der Waals surface area contributed by atoms with Gasteiger partial charge in [-0.1, -0.05) is 130 Å². The van der Waals surface area contributed by atoms with E-state index < -0.39 is 45.7 Å². The number of para-hydroxylation sites is 1. The zero-order valence-electron chi connectivity index (χ0n) is 64.8. The topological polar surface area (TPSA) is 448 Å². The molecule has 0 bridgehead atoms. The van der Waals surface area contributed by atoms with Gasteiger partial charge in [-0.2, -0.15) is 38.6 Å². The average molecular weight is 1680 g/mol. The number of tetrazole rings is 1. The number of hydrogen-bond donors (Lipinski definition) is 10. The smallest absolute Gasteiger partial charge is 0.329 e. The molecule has 5 aromatic rings.